The van der Waals surface area contributed by atoms with E-state index in [1.165, 1.54) is 11.1 Å². The molecule has 0 aliphatic rings. The molecule has 0 radical (unpaired) electrons. The molecule has 0 unspecified atom stereocenters. The van der Waals surface area contributed by atoms with E-state index in [4.69, 9.17) is 16.2 Å². The van der Waals surface area contributed by atoms with Crippen LogP contribution in [-0.4, -0.2) is 19.1 Å². The van der Waals surface area contributed by atoms with Gasteiger partial charge in [0.1, 0.15) is 12.4 Å². The van der Waals surface area contributed by atoms with Crippen molar-refractivity contribution in [3.05, 3.63) is 29.3 Å². The van der Waals surface area contributed by atoms with E-state index in [1.54, 1.807) is 0 Å². The Morgan fingerprint density at radius 1 is 1.20 bits per heavy atom. The molecule has 0 aliphatic carbocycles. The number of hydrogen-bond acceptors (Lipinski definition) is 2. The van der Waals surface area contributed by atoms with Crippen LogP contribution < -0.4 is 16.2 Å². The summed E-state index contributed by atoms with van der Waals surface area (Å²) in [6.45, 7) is 5.04. The van der Waals surface area contributed by atoms with Crippen molar-refractivity contribution in [3.8, 4) is 5.75 Å². The lowest BCUT2D eigenvalue weighted by atomic mass is 10.1. The van der Waals surface area contributed by atoms with E-state index in [-0.39, 0.29) is 5.96 Å². The van der Waals surface area contributed by atoms with Crippen LogP contribution in [0.2, 0.25) is 0 Å². The minimum Gasteiger partial charge on any atom is -0.492 e. The molecular weight excluding hydrogens is 190 g/mol. The highest BCUT2D eigenvalue weighted by atomic mass is 16.5. The normalized spacial score (nSPS) is 9.73. The van der Waals surface area contributed by atoms with Gasteiger partial charge in [-0.25, -0.2) is 0 Å². The smallest absolute Gasteiger partial charge is 0.186 e. The molecule has 1 aromatic carbocycles. The van der Waals surface area contributed by atoms with Gasteiger partial charge in [-0.05, 0) is 37.1 Å². The van der Waals surface area contributed by atoms with Crippen LogP contribution in [0.5, 0.6) is 5.75 Å². The van der Waals surface area contributed by atoms with Crippen LogP contribution in [0.15, 0.2) is 23.2 Å². The maximum atomic E-state index is 5.50. The number of aliphatic imine (C=N–C) groups is 1. The fraction of sp³-hybridized carbons (Fsp3) is 0.364. The fourth-order valence-electron chi connectivity index (χ4n) is 1.35. The number of ether oxygens (including phenoxy) is 1. The molecule has 0 saturated carbocycles. The van der Waals surface area contributed by atoms with Gasteiger partial charge in [0.2, 0.25) is 0 Å². The third kappa shape index (κ3) is 4.35. The summed E-state index contributed by atoms with van der Waals surface area (Å²) in [6.07, 6.45) is 0. The third-order valence-corrected chi connectivity index (χ3v) is 1.85. The second-order valence-corrected chi connectivity index (χ2v) is 3.48. The number of nitrogens with two attached hydrogens (primary N) is 2. The quantitative estimate of drug-likeness (QED) is 0.438. The lowest BCUT2D eigenvalue weighted by Crippen LogP contribution is -2.23. The van der Waals surface area contributed by atoms with Crippen molar-refractivity contribution in [2.24, 2.45) is 16.5 Å². The maximum absolute atomic E-state index is 5.50. The van der Waals surface area contributed by atoms with E-state index in [9.17, 15) is 0 Å². The molecule has 82 valence electrons. The summed E-state index contributed by atoms with van der Waals surface area (Å²) in [5.41, 5.74) is 12.8. The first-order chi connectivity index (χ1) is 7.08. The Labute approximate surface area is 89.9 Å². The van der Waals surface area contributed by atoms with Crippen molar-refractivity contribution in [2.45, 2.75) is 13.8 Å². The Bertz CT molecular complexity index is 337. The van der Waals surface area contributed by atoms with E-state index in [0.717, 1.165) is 5.75 Å². The molecule has 4 N–H and O–H groups in total. The topological polar surface area (TPSA) is 73.6 Å². The molecule has 4 nitrogen and oxygen atoms in total. The Morgan fingerprint density at radius 2 is 1.80 bits per heavy atom. The SMILES string of the molecule is Cc1cc(C)cc(OCCN=C(N)N)c1. The molecular formula is C11H17N3O. The van der Waals surface area contributed by atoms with E-state index in [2.05, 4.69) is 11.1 Å². The van der Waals surface area contributed by atoms with Crippen molar-refractivity contribution in [1.82, 2.24) is 0 Å². The lowest BCUT2D eigenvalue weighted by Gasteiger charge is -2.06. The largest absolute Gasteiger partial charge is 0.492 e. The van der Waals surface area contributed by atoms with Gasteiger partial charge in [-0.15, -0.1) is 0 Å². The van der Waals surface area contributed by atoms with Gasteiger partial charge in [-0.1, -0.05) is 6.07 Å². The standard InChI is InChI=1S/C11H17N3O/c1-8-5-9(2)7-10(6-8)15-4-3-14-11(12)13/h5-7H,3-4H2,1-2H3,(H4,12,13,14). The predicted octanol–water partition coefficient (Wildman–Crippen LogP) is 0.956. The van der Waals surface area contributed by atoms with E-state index >= 15 is 0 Å². The first kappa shape index (κ1) is 11.4. The molecule has 0 bridgehead atoms. The zero-order chi connectivity index (χ0) is 11.3. The summed E-state index contributed by atoms with van der Waals surface area (Å²) < 4.78 is 5.50. The minimum absolute atomic E-state index is 0.0963. The highest BCUT2D eigenvalue weighted by Crippen LogP contribution is 2.15. The third-order valence-electron chi connectivity index (χ3n) is 1.85. The monoisotopic (exact) mass is 207 g/mol. The second kappa shape index (κ2) is 5.24. The molecule has 4 heteroatoms. The molecule has 1 rings (SSSR count). The first-order valence-electron chi connectivity index (χ1n) is 4.84. The number of aryl methyl sites for hydroxylation is 2. The highest BCUT2D eigenvalue weighted by Gasteiger charge is 1.96. The fourth-order valence-corrected chi connectivity index (χ4v) is 1.35. The first-order valence-corrected chi connectivity index (χ1v) is 4.84. The second-order valence-electron chi connectivity index (χ2n) is 3.48. The Balaban J connectivity index is 2.47. The van der Waals surface area contributed by atoms with Crippen molar-refractivity contribution in [3.63, 3.8) is 0 Å². The van der Waals surface area contributed by atoms with Crippen LogP contribution in [-0.2, 0) is 0 Å². The van der Waals surface area contributed by atoms with Gasteiger partial charge >= 0.3 is 0 Å². The summed E-state index contributed by atoms with van der Waals surface area (Å²) in [5.74, 6) is 0.956. The molecule has 0 amide bonds. The minimum atomic E-state index is 0.0963. The van der Waals surface area contributed by atoms with Gasteiger partial charge < -0.3 is 16.2 Å². The molecule has 0 aromatic heterocycles. The molecule has 0 saturated heterocycles. The number of nitrogens with zero attached hydrogens (tertiary/aromatic N) is 1. The molecule has 0 spiro atoms. The van der Waals surface area contributed by atoms with Crippen LogP contribution in [0, 0.1) is 13.8 Å². The Morgan fingerprint density at radius 3 is 2.33 bits per heavy atom. The number of guanidine groups is 1. The van der Waals surface area contributed by atoms with Crippen LogP contribution in [0.1, 0.15) is 11.1 Å². The van der Waals surface area contributed by atoms with E-state index in [1.807, 2.05) is 26.0 Å². The highest BCUT2D eigenvalue weighted by molar-refractivity contribution is 5.75. The van der Waals surface area contributed by atoms with E-state index in [0.29, 0.717) is 13.2 Å². The zero-order valence-electron chi connectivity index (χ0n) is 9.16. The van der Waals surface area contributed by atoms with Gasteiger partial charge in [0, 0.05) is 0 Å². The van der Waals surface area contributed by atoms with Crippen LogP contribution in [0.4, 0.5) is 0 Å². The van der Waals surface area contributed by atoms with Crippen molar-refractivity contribution >= 4 is 5.96 Å². The summed E-state index contributed by atoms with van der Waals surface area (Å²) in [5, 5.41) is 0. The lowest BCUT2D eigenvalue weighted by molar-refractivity contribution is 0.328. The van der Waals surface area contributed by atoms with Gasteiger partial charge in [0.25, 0.3) is 0 Å². The number of rotatable bonds is 4. The Hall–Kier alpha value is -1.71. The molecule has 0 atom stereocenters. The van der Waals surface area contributed by atoms with Crippen molar-refractivity contribution in [2.75, 3.05) is 13.2 Å². The van der Waals surface area contributed by atoms with Crippen LogP contribution in [0.25, 0.3) is 0 Å². The number of hydrogen-bond donors (Lipinski definition) is 2. The predicted molar refractivity (Wildman–Crippen MR) is 62.1 cm³/mol. The summed E-state index contributed by atoms with van der Waals surface area (Å²) in [7, 11) is 0. The van der Waals surface area contributed by atoms with E-state index < -0.39 is 0 Å². The summed E-state index contributed by atoms with van der Waals surface area (Å²) in [6, 6.07) is 6.08. The molecule has 0 fully saturated rings. The van der Waals surface area contributed by atoms with Gasteiger partial charge in [0.15, 0.2) is 5.96 Å². The average molecular weight is 207 g/mol. The van der Waals surface area contributed by atoms with Crippen molar-refractivity contribution in [1.29, 1.82) is 0 Å². The average Bonchev–Trinajstić information content (AvgIpc) is 2.10. The molecule has 15 heavy (non-hydrogen) atoms. The Kier molecular flexibility index (Phi) is 3.97. The number of benzene rings is 1. The van der Waals surface area contributed by atoms with Gasteiger partial charge in [-0.3, -0.25) is 4.99 Å². The van der Waals surface area contributed by atoms with Gasteiger partial charge in [0.05, 0.1) is 6.54 Å². The molecule has 0 aliphatic heterocycles. The molecule has 0 heterocycles. The summed E-state index contributed by atoms with van der Waals surface area (Å²) >= 11 is 0. The van der Waals surface area contributed by atoms with Crippen molar-refractivity contribution < 1.29 is 4.74 Å². The zero-order valence-corrected chi connectivity index (χ0v) is 9.16. The molecule has 1 aromatic rings. The summed E-state index contributed by atoms with van der Waals surface area (Å²) in [4.78, 5) is 3.83. The van der Waals surface area contributed by atoms with Gasteiger partial charge in [-0.2, -0.15) is 0 Å². The maximum Gasteiger partial charge on any atom is 0.186 e. The van der Waals surface area contributed by atoms with Crippen LogP contribution >= 0.6 is 0 Å². The van der Waals surface area contributed by atoms with Crippen LogP contribution in [0.3, 0.4) is 0 Å².